The van der Waals surface area contributed by atoms with Crippen molar-refractivity contribution in [1.82, 2.24) is 20.4 Å². The lowest BCUT2D eigenvalue weighted by atomic mass is 9.82. The highest BCUT2D eigenvalue weighted by atomic mass is 32.1. The van der Waals surface area contributed by atoms with Gasteiger partial charge in [-0.3, -0.25) is 14.3 Å². The minimum absolute atomic E-state index is 0.0479. The average molecular weight is 336 g/mol. The van der Waals surface area contributed by atoms with E-state index in [4.69, 9.17) is 0 Å². The van der Waals surface area contributed by atoms with Crippen LogP contribution in [0.25, 0.3) is 10.2 Å². The van der Waals surface area contributed by atoms with Crippen molar-refractivity contribution in [1.29, 1.82) is 0 Å². The lowest BCUT2D eigenvalue weighted by Gasteiger charge is -2.29. The normalized spacial score (nSPS) is 20.3. The lowest BCUT2D eigenvalue weighted by molar-refractivity contribution is -0.131. The number of carbonyl (C=O) groups is 2. The first kappa shape index (κ1) is 15.9. The van der Waals surface area contributed by atoms with E-state index < -0.39 is 0 Å². The maximum atomic E-state index is 12.0. The van der Waals surface area contributed by atoms with Crippen molar-refractivity contribution in [3.63, 3.8) is 0 Å². The third-order valence-electron chi connectivity index (χ3n) is 4.06. The molecule has 2 heterocycles. The smallest absolute Gasteiger partial charge is 0.261 e. The van der Waals surface area contributed by atoms with Gasteiger partial charge in [0.1, 0.15) is 4.83 Å². The number of aromatic nitrogens is 2. The van der Waals surface area contributed by atoms with Gasteiger partial charge in [-0.1, -0.05) is 0 Å². The van der Waals surface area contributed by atoms with E-state index in [1.54, 1.807) is 4.68 Å². The van der Waals surface area contributed by atoms with Crippen LogP contribution in [0.4, 0.5) is 0 Å². The van der Waals surface area contributed by atoms with Crippen LogP contribution in [0, 0.1) is 5.92 Å². The van der Waals surface area contributed by atoms with E-state index in [9.17, 15) is 14.7 Å². The van der Waals surface area contributed by atoms with Crippen molar-refractivity contribution in [2.75, 3.05) is 6.54 Å². The first-order chi connectivity index (χ1) is 11.0. The third-order valence-corrected chi connectivity index (χ3v) is 5.26. The summed E-state index contributed by atoms with van der Waals surface area (Å²) in [5.74, 6) is -0.238. The Balaban J connectivity index is 1.73. The molecule has 2 aromatic heterocycles. The Kier molecular flexibility index (Phi) is 4.36. The van der Waals surface area contributed by atoms with Crippen LogP contribution in [0.15, 0.2) is 6.07 Å². The molecule has 0 radical (unpaired) electrons. The van der Waals surface area contributed by atoms with Crippen LogP contribution in [0.5, 0.6) is 0 Å². The van der Waals surface area contributed by atoms with Gasteiger partial charge in [-0.2, -0.15) is 5.10 Å². The standard InChI is InChI=1S/C15H20N4O3S/c1-3-16-14(22)12-6-10-11(18-19(2)15(10)23-12)7-17-13(21)8-4-9(20)5-8/h6,8-9,20H,3-5,7H2,1-2H3,(H,16,22)(H,17,21). The zero-order chi connectivity index (χ0) is 16.6. The summed E-state index contributed by atoms with van der Waals surface area (Å²) in [7, 11) is 1.83. The topological polar surface area (TPSA) is 96.2 Å². The van der Waals surface area contributed by atoms with Gasteiger partial charge in [-0.05, 0) is 25.8 Å². The molecule has 23 heavy (non-hydrogen) atoms. The van der Waals surface area contributed by atoms with Gasteiger partial charge in [-0.15, -0.1) is 11.3 Å². The van der Waals surface area contributed by atoms with E-state index in [0.717, 1.165) is 15.9 Å². The fourth-order valence-electron chi connectivity index (χ4n) is 2.72. The Bertz CT molecular complexity index is 745. The van der Waals surface area contributed by atoms with Gasteiger partial charge >= 0.3 is 0 Å². The molecular formula is C15H20N4O3S. The Morgan fingerprint density at radius 3 is 2.83 bits per heavy atom. The average Bonchev–Trinajstić information content (AvgIpc) is 3.03. The van der Waals surface area contributed by atoms with Crippen LogP contribution in [-0.2, 0) is 18.4 Å². The molecule has 1 fully saturated rings. The molecule has 3 rings (SSSR count). The molecule has 0 spiro atoms. The Morgan fingerprint density at radius 2 is 2.17 bits per heavy atom. The molecule has 1 saturated carbocycles. The Morgan fingerprint density at radius 1 is 1.43 bits per heavy atom. The number of aliphatic hydroxyl groups excluding tert-OH is 1. The van der Waals surface area contributed by atoms with E-state index >= 15 is 0 Å². The molecule has 1 aliphatic rings. The van der Waals surface area contributed by atoms with Crippen LogP contribution in [0.2, 0.25) is 0 Å². The highest BCUT2D eigenvalue weighted by Crippen LogP contribution is 2.29. The molecule has 124 valence electrons. The number of nitrogens with zero attached hydrogens (tertiary/aromatic N) is 2. The number of nitrogens with one attached hydrogen (secondary N) is 2. The van der Waals surface area contributed by atoms with Crippen molar-refractivity contribution in [3.05, 3.63) is 16.6 Å². The second kappa shape index (κ2) is 6.29. The third kappa shape index (κ3) is 3.09. The largest absolute Gasteiger partial charge is 0.393 e. The summed E-state index contributed by atoms with van der Waals surface area (Å²) in [5, 5.41) is 20.2. The second-order valence-electron chi connectivity index (χ2n) is 5.80. The number of rotatable bonds is 5. The monoisotopic (exact) mass is 336 g/mol. The summed E-state index contributed by atoms with van der Waals surface area (Å²) in [6.45, 7) is 2.79. The number of amides is 2. The fraction of sp³-hybridized carbons (Fsp3) is 0.533. The van der Waals surface area contributed by atoms with Crippen LogP contribution in [0.3, 0.4) is 0 Å². The van der Waals surface area contributed by atoms with Crippen molar-refractivity contribution < 1.29 is 14.7 Å². The summed E-state index contributed by atoms with van der Waals surface area (Å²) in [6.07, 6.45) is 0.718. The maximum Gasteiger partial charge on any atom is 0.261 e. The first-order valence-corrected chi connectivity index (χ1v) is 8.50. The van der Waals surface area contributed by atoms with E-state index in [0.29, 0.717) is 30.8 Å². The number of hydrogen-bond acceptors (Lipinski definition) is 5. The quantitative estimate of drug-likeness (QED) is 0.751. The summed E-state index contributed by atoms with van der Waals surface area (Å²) in [5.41, 5.74) is 0.752. The summed E-state index contributed by atoms with van der Waals surface area (Å²) < 4.78 is 1.73. The minimum Gasteiger partial charge on any atom is -0.393 e. The first-order valence-electron chi connectivity index (χ1n) is 7.69. The van der Waals surface area contributed by atoms with Crippen molar-refractivity contribution in [2.24, 2.45) is 13.0 Å². The number of hydrogen-bond donors (Lipinski definition) is 3. The highest BCUT2D eigenvalue weighted by molar-refractivity contribution is 7.20. The van der Waals surface area contributed by atoms with Gasteiger partial charge in [0.15, 0.2) is 0 Å². The minimum atomic E-state index is -0.344. The number of aliphatic hydroxyl groups is 1. The van der Waals surface area contributed by atoms with Gasteiger partial charge in [-0.25, -0.2) is 0 Å². The molecule has 7 nitrogen and oxygen atoms in total. The number of thiophene rings is 1. The molecule has 0 saturated heterocycles. The van der Waals surface area contributed by atoms with Gasteiger partial charge < -0.3 is 15.7 Å². The zero-order valence-electron chi connectivity index (χ0n) is 13.1. The molecule has 1 aliphatic carbocycles. The molecule has 0 atom stereocenters. The van der Waals surface area contributed by atoms with Crippen molar-refractivity contribution >= 4 is 33.4 Å². The van der Waals surface area contributed by atoms with Crippen LogP contribution < -0.4 is 10.6 Å². The van der Waals surface area contributed by atoms with Crippen LogP contribution in [-0.4, -0.2) is 39.4 Å². The highest BCUT2D eigenvalue weighted by Gasteiger charge is 2.33. The SMILES string of the molecule is CCNC(=O)c1cc2c(CNC(=O)C3CC(O)C3)nn(C)c2s1. The van der Waals surface area contributed by atoms with Gasteiger partial charge in [0.2, 0.25) is 5.91 Å². The van der Waals surface area contributed by atoms with Crippen molar-refractivity contribution in [3.8, 4) is 0 Å². The molecule has 0 aliphatic heterocycles. The molecule has 2 amide bonds. The number of fused-ring (bicyclic) bond motifs is 1. The Hall–Kier alpha value is -1.93. The molecule has 0 aromatic carbocycles. The van der Waals surface area contributed by atoms with E-state index in [-0.39, 0.29) is 23.8 Å². The molecule has 0 bridgehead atoms. The number of aryl methyl sites for hydroxylation is 1. The second-order valence-corrected chi connectivity index (χ2v) is 6.83. The zero-order valence-corrected chi connectivity index (χ0v) is 13.9. The number of carbonyl (C=O) groups excluding carboxylic acids is 2. The molecule has 2 aromatic rings. The predicted molar refractivity (Wildman–Crippen MR) is 87.2 cm³/mol. The molecule has 8 heteroatoms. The molecular weight excluding hydrogens is 316 g/mol. The van der Waals surface area contributed by atoms with Gasteiger partial charge in [0.05, 0.1) is 23.2 Å². The van der Waals surface area contributed by atoms with E-state index in [1.807, 2.05) is 20.0 Å². The van der Waals surface area contributed by atoms with E-state index in [1.165, 1.54) is 11.3 Å². The van der Waals surface area contributed by atoms with E-state index in [2.05, 4.69) is 15.7 Å². The summed E-state index contributed by atoms with van der Waals surface area (Å²) >= 11 is 1.39. The van der Waals surface area contributed by atoms with Crippen LogP contribution in [0.1, 0.15) is 35.1 Å². The molecule has 0 unspecified atom stereocenters. The summed E-state index contributed by atoms with van der Waals surface area (Å²) in [6, 6.07) is 1.83. The fourth-order valence-corrected chi connectivity index (χ4v) is 3.73. The van der Waals surface area contributed by atoms with Crippen molar-refractivity contribution in [2.45, 2.75) is 32.4 Å². The maximum absolute atomic E-state index is 12.0. The van der Waals surface area contributed by atoms with Gasteiger partial charge in [0.25, 0.3) is 5.91 Å². The Labute approximate surface area is 137 Å². The lowest BCUT2D eigenvalue weighted by Crippen LogP contribution is -2.40. The molecule has 3 N–H and O–H groups in total. The summed E-state index contributed by atoms with van der Waals surface area (Å²) in [4.78, 5) is 25.5. The van der Waals surface area contributed by atoms with Crippen LogP contribution >= 0.6 is 11.3 Å². The predicted octanol–water partition coefficient (Wildman–Crippen LogP) is 0.772. The van der Waals surface area contributed by atoms with Gasteiger partial charge in [0, 0.05) is 24.9 Å².